The second-order valence-corrected chi connectivity index (χ2v) is 4.41. The summed E-state index contributed by atoms with van der Waals surface area (Å²) in [7, 11) is 0. The number of halogens is 2. The van der Waals surface area contributed by atoms with Gasteiger partial charge in [-0.1, -0.05) is 27.5 Å². The van der Waals surface area contributed by atoms with Gasteiger partial charge in [0.1, 0.15) is 0 Å². The third kappa shape index (κ3) is 1.65. The summed E-state index contributed by atoms with van der Waals surface area (Å²) in [5, 5.41) is 4.05. The zero-order valence-corrected chi connectivity index (χ0v) is 8.82. The Morgan fingerprint density at radius 3 is 2.58 bits per heavy atom. The molecule has 64 valence electrons. The number of rotatable bonds is 1. The van der Waals surface area contributed by atoms with Crippen LogP contribution in [0.5, 0.6) is 0 Å². The highest BCUT2D eigenvalue weighted by atomic mass is 79.9. The SMILES string of the molecule is Clc1cc(Br)cc(C2CNC2)c1. The maximum absolute atomic E-state index is 5.92. The quantitative estimate of drug-likeness (QED) is 0.803. The lowest BCUT2D eigenvalue weighted by molar-refractivity contribution is 0.448. The molecule has 0 amide bonds. The number of nitrogens with one attached hydrogen (secondary N) is 1. The van der Waals surface area contributed by atoms with Crippen LogP contribution in [0.4, 0.5) is 0 Å². The molecule has 1 aromatic carbocycles. The molecule has 1 aliphatic heterocycles. The summed E-state index contributed by atoms with van der Waals surface area (Å²) in [6.45, 7) is 2.15. The van der Waals surface area contributed by atoms with Crippen LogP contribution in [0.15, 0.2) is 22.7 Å². The molecule has 0 saturated carbocycles. The summed E-state index contributed by atoms with van der Waals surface area (Å²) in [5.74, 6) is 0.653. The van der Waals surface area contributed by atoms with E-state index in [1.807, 2.05) is 12.1 Å². The van der Waals surface area contributed by atoms with Crippen LogP contribution < -0.4 is 5.32 Å². The van der Waals surface area contributed by atoms with E-state index >= 15 is 0 Å². The lowest BCUT2D eigenvalue weighted by Gasteiger charge is -2.27. The molecule has 0 aromatic heterocycles. The van der Waals surface area contributed by atoms with Crippen LogP contribution in [0.1, 0.15) is 11.5 Å². The number of hydrogen-bond acceptors (Lipinski definition) is 1. The van der Waals surface area contributed by atoms with Crippen LogP contribution >= 0.6 is 27.5 Å². The van der Waals surface area contributed by atoms with Crippen molar-refractivity contribution in [3.63, 3.8) is 0 Å². The van der Waals surface area contributed by atoms with Gasteiger partial charge in [0.05, 0.1) is 0 Å². The van der Waals surface area contributed by atoms with Gasteiger partial charge in [0.15, 0.2) is 0 Å². The Bertz CT molecular complexity index is 276. The highest BCUT2D eigenvalue weighted by Gasteiger charge is 2.19. The van der Waals surface area contributed by atoms with Crippen molar-refractivity contribution in [2.24, 2.45) is 0 Å². The Kier molecular flexibility index (Phi) is 2.40. The highest BCUT2D eigenvalue weighted by Crippen LogP contribution is 2.26. The number of benzene rings is 1. The zero-order chi connectivity index (χ0) is 8.55. The monoisotopic (exact) mass is 245 g/mol. The van der Waals surface area contributed by atoms with Crippen molar-refractivity contribution in [1.82, 2.24) is 5.32 Å². The van der Waals surface area contributed by atoms with Crippen molar-refractivity contribution in [3.8, 4) is 0 Å². The van der Waals surface area contributed by atoms with E-state index in [0.29, 0.717) is 5.92 Å². The predicted octanol–water partition coefficient (Wildman–Crippen LogP) is 2.79. The van der Waals surface area contributed by atoms with Gasteiger partial charge in [-0.25, -0.2) is 0 Å². The van der Waals surface area contributed by atoms with Crippen molar-refractivity contribution in [3.05, 3.63) is 33.3 Å². The lowest BCUT2D eigenvalue weighted by atomic mass is 9.94. The average molecular weight is 247 g/mol. The molecule has 0 unspecified atom stereocenters. The summed E-state index contributed by atoms with van der Waals surface area (Å²) in [6, 6.07) is 6.09. The van der Waals surface area contributed by atoms with Crippen LogP contribution in [-0.2, 0) is 0 Å². The summed E-state index contributed by atoms with van der Waals surface area (Å²) < 4.78 is 1.07. The Balaban J connectivity index is 2.30. The van der Waals surface area contributed by atoms with Gasteiger partial charge in [-0.2, -0.15) is 0 Å². The molecule has 0 atom stereocenters. The maximum Gasteiger partial charge on any atom is 0.0420 e. The van der Waals surface area contributed by atoms with E-state index in [1.54, 1.807) is 0 Å². The molecule has 1 fully saturated rings. The zero-order valence-electron chi connectivity index (χ0n) is 6.48. The van der Waals surface area contributed by atoms with Crippen molar-refractivity contribution < 1.29 is 0 Å². The first-order valence-electron chi connectivity index (χ1n) is 3.92. The van der Waals surface area contributed by atoms with Gasteiger partial charge in [-0.3, -0.25) is 0 Å². The summed E-state index contributed by atoms with van der Waals surface area (Å²) in [6.07, 6.45) is 0. The minimum Gasteiger partial charge on any atom is -0.315 e. The molecular formula is C9H9BrClN. The van der Waals surface area contributed by atoms with E-state index in [1.165, 1.54) is 5.56 Å². The lowest BCUT2D eigenvalue weighted by Crippen LogP contribution is -2.39. The smallest absolute Gasteiger partial charge is 0.0420 e. The van der Waals surface area contributed by atoms with E-state index in [2.05, 4.69) is 27.3 Å². The fourth-order valence-electron chi connectivity index (χ4n) is 1.34. The predicted molar refractivity (Wildman–Crippen MR) is 54.8 cm³/mol. The molecule has 12 heavy (non-hydrogen) atoms. The van der Waals surface area contributed by atoms with E-state index in [0.717, 1.165) is 22.6 Å². The van der Waals surface area contributed by atoms with E-state index in [9.17, 15) is 0 Å². The summed E-state index contributed by atoms with van der Waals surface area (Å²) in [5.41, 5.74) is 1.33. The minimum absolute atomic E-state index is 0.653. The molecule has 1 nitrogen and oxygen atoms in total. The largest absolute Gasteiger partial charge is 0.315 e. The first kappa shape index (κ1) is 8.54. The molecule has 0 bridgehead atoms. The Labute approximate surface area is 85.2 Å². The van der Waals surface area contributed by atoms with E-state index in [-0.39, 0.29) is 0 Å². The topological polar surface area (TPSA) is 12.0 Å². The molecule has 1 N–H and O–H groups in total. The Morgan fingerprint density at radius 2 is 2.08 bits per heavy atom. The fraction of sp³-hybridized carbons (Fsp3) is 0.333. The van der Waals surface area contributed by atoms with Gasteiger partial charge in [0.25, 0.3) is 0 Å². The summed E-state index contributed by atoms with van der Waals surface area (Å²) in [4.78, 5) is 0. The first-order chi connectivity index (χ1) is 5.75. The molecule has 0 spiro atoms. The van der Waals surface area contributed by atoms with Crippen LogP contribution in [0.2, 0.25) is 5.02 Å². The Morgan fingerprint density at radius 1 is 1.33 bits per heavy atom. The van der Waals surface area contributed by atoms with Crippen molar-refractivity contribution >= 4 is 27.5 Å². The molecule has 3 heteroatoms. The van der Waals surface area contributed by atoms with Crippen LogP contribution in [-0.4, -0.2) is 13.1 Å². The molecule has 1 heterocycles. The number of hydrogen-bond donors (Lipinski definition) is 1. The molecule has 1 saturated heterocycles. The third-order valence-corrected chi connectivity index (χ3v) is 2.81. The van der Waals surface area contributed by atoms with Crippen molar-refractivity contribution in [1.29, 1.82) is 0 Å². The van der Waals surface area contributed by atoms with Crippen molar-refractivity contribution in [2.45, 2.75) is 5.92 Å². The molecule has 0 radical (unpaired) electrons. The van der Waals surface area contributed by atoms with Crippen LogP contribution in [0.25, 0.3) is 0 Å². The van der Waals surface area contributed by atoms with Crippen molar-refractivity contribution in [2.75, 3.05) is 13.1 Å². The molecule has 1 aromatic rings. The van der Waals surface area contributed by atoms with E-state index in [4.69, 9.17) is 11.6 Å². The second-order valence-electron chi connectivity index (χ2n) is 3.06. The summed E-state index contributed by atoms with van der Waals surface area (Å²) >= 11 is 9.35. The van der Waals surface area contributed by atoms with E-state index < -0.39 is 0 Å². The fourth-order valence-corrected chi connectivity index (χ4v) is 2.22. The van der Waals surface area contributed by atoms with Gasteiger partial charge in [0, 0.05) is 28.5 Å². The molecular weight excluding hydrogens is 237 g/mol. The van der Waals surface area contributed by atoms with Gasteiger partial charge in [-0.05, 0) is 23.8 Å². The molecule has 0 aliphatic carbocycles. The third-order valence-electron chi connectivity index (χ3n) is 2.14. The Hall–Kier alpha value is -0.0500. The van der Waals surface area contributed by atoms with Gasteiger partial charge < -0.3 is 5.32 Å². The normalized spacial score (nSPS) is 17.5. The molecule has 1 aliphatic rings. The van der Waals surface area contributed by atoms with Crippen LogP contribution in [0, 0.1) is 0 Å². The second kappa shape index (κ2) is 3.36. The van der Waals surface area contributed by atoms with Crippen LogP contribution in [0.3, 0.4) is 0 Å². The molecule has 2 rings (SSSR count). The van der Waals surface area contributed by atoms with Gasteiger partial charge >= 0.3 is 0 Å². The highest BCUT2D eigenvalue weighted by molar-refractivity contribution is 9.10. The minimum atomic E-state index is 0.653. The van der Waals surface area contributed by atoms with Gasteiger partial charge in [-0.15, -0.1) is 0 Å². The average Bonchev–Trinajstić information content (AvgIpc) is 1.79. The van der Waals surface area contributed by atoms with Gasteiger partial charge in [0.2, 0.25) is 0 Å². The maximum atomic E-state index is 5.92. The standard InChI is InChI=1S/C9H9BrClN/c10-8-1-6(2-9(11)3-8)7-4-12-5-7/h1-3,7,12H,4-5H2. The first-order valence-corrected chi connectivity index (χ1v) is 5.09.